The summed E-state index contributed by atoms with van der Waals surface area (Å²) >= 11 is 0. The van der Waals surface area contributed by atoms with E-state index >= 15 is 0 Å². The van der Waals surface area contributed by atoms with Crippen LogP contribution in [-0.2, 0) is 11.3 Å². The summed E-state index contributed by atoms with van der Waals surface area (Å²) in [5, 5.41) is 4.08. The molecule has 178 valence electrons. The van der Waals surface area contributed by atoms with Gasteiger partial charge in [0.2, 0.25) is 11.9 Å². The zero-order chi connectivity index (χ0) is 24.4. The number of rotatable bonds is 6. The van der Waals surface area contributed by atoms with E-state index in [1.165, 1.54) is 6.08 Å². The maximum atomic E-state index is 13.7. The van der Waals surface area contributed by atoms with E-state index in [0.717, 1.165) is 36.0 Å². The highest BCUT2D eigenvalue weighted by Gasteiger charge is 2.26. The van der Waals surface area contributed by atoms with Crippen molar-refractivity contribution in [3.63, 3.8) is 0 Å². The number of pyridine rings is 1. The molecule has 8 heteroatoms. The van der Waals surface area contributed by atoms with Gasteiger partial charge in [-0.15, -0.1) is 0 Å². The summed E-state index contributed by atoms with van der Waals surface area (Å²) in [4.78, 5) is 36.9. The monoisotopic (exact) mass is 469 g/mol. The fourth-order valence-electron chi connectivity index (χ4n) is 4.77. The predicted molar refractivity (Wildman–Crippen MR) is 138 cm³/mol. The SMILES string of the molecule is C=CC(=O)N1CCC(Cn2c(=O)c(-c3ccccc3)cc3cnc(NC4=CCC[N+](C)=C4)nc32)C1. The zero-order valence-electron chi connectivity index (χ0n) is 19.9. The molecule has 0 aliphatic carbocycles. The minimum absolute atomic E-state index is 0.0708. The molecule has 1 amide bonds. The van der Waals surface area contributed by atoms with Crippen molar-refractivity contribution in [1.29, 1.82) is 0 Å². The van der Waals surface area contributed by atoms with Crippen LogP contribution in [0.25, 0.3) is 22.2 Å². The van der Waals surface area contributed by atoms with Crippen molar-refractivity contribution in [3.05, 3.63) is 77.4 Å². The van der Waals surface area contributed by atoms with E-state index in [1.54, 1.807) is 15.7 Å². The van der Waals surface area contributed by atoms with Gasteiger partial charge in [-0.3, -0.25) is 14.2 Å². The van der Waals surface area contributed by atoms with Gasteiger partial charge in [0.05, 0.1) is 0 Å². The Morgan fingerprint density at radius 2 is 2.14 bits per heavy atom. The van der Waals surface area contributed by atoms with Crippen molar-refractivity contribution in [2.75, 3.05) is 32.0 Å². The molecule has 1 unspecified atom stereocenters. The number of hydrogen-bond acceptors (Lipinski definition) is 5. The molecular weight excluding hydrogens is 440 g/mol. The molecule has 1 atom stereocenters. The third kappa shape index (κ3) is 4.77. The molecule has 35 heavy (non-hydrogen) atoms. The molecule has 2 aromatic heterocycles. The second-order valence-corrected chi connectivity index (χ2v) is 9.14. The van der Waals surface area contributed by atoms with E-state index in [-0.39, 0.29) is 17.4 Å². The number of fused-ring (bicyclic) bond motifs is 1. The molecule has 1 N–H and O–H groups in total. The van der Waals surface area contributed by atoms with Gasteiger partial charge in [0.25, 0.3) is 5.56 Å². The lowest BCUT2D eigenvalue weighted by atomic mass is 10.0. The first-order valence-electron chi connectivity index (χ1n) is 11.9. The average molecular weight is 470 g/mol. The summed E-state index contributed by atoms with van der Waals surface area (Å²) in [6.07, 6.45) is 9.01. The molecule has 1 saturated heterocycles. The van der Waals surface area contributed by atoms with Crippen LogP contribution in [0.1, 0.15) is 12.8 Å². The lowest BCUT2D eigenvalue weighted by molar-refractivity contribution is -0.492. The van der Waals surface area contributed by atoms with Crippen molar-refractivity contribution < 1.29 is 9.37 Å². The van der Waals surface area contributed by atoms with Crippen LogP contribution in [-0.4, -0.2) is 62.8 Å². The van der Waals surface area contributed by atoms with Crippen LogP contribution in [0.2, 0.25) is 0 Å². The van der Waals surface area contributed by atoms with Crippen molar-refractivity contribution >= 4 is 29.1 Å². The van der Waals surface area contributed by atoms with Gasteiger partial charge in [0, 0.05) is 43.2 Å². The molecule has 2 aliphatic rings. The van der Waals surface area contributed by atoms with Crippen LogP contribution < -0.4 is 10.9 Å². The molecule has 1 aromatic carbocycles. The maximum absolute atomic E-state index is 13.7. The summed E-state index contributed by atoms with van der Waals surface area (Å²) in [6.45, 7) is 6.31. The van der Waals surface area contributed by atoms with Gasteiger partial charge in [0.1, 0.15) is 24.9 Å². The van der Waals surface area contributed by atoms with Crippen LogP contribution in [0.4, 0.5) is 5.95 Å². The molecule has 5 rings (SSSR count). The number of allylic oxidation sites excluding steroid dienone is 1. The standard InChI is InChI=1S/C27H28N6O2/c1-3-24(34)32-13-11-19(16-32)17-33-25-21(14-23(26(33)35)20-8-5-4-6-9-20)15-28-27(30-25)29-22-10-7-12-31(2)18-22/h3-6,8-10,14-15,18-19H,1,7,11-13,16-17H2,2H3/p+1. The fraction of sp³-hybridized carbons (Fsp3) is 0.296. The van der Waals surface area contributed by atoms with Crippen molar-refractivity contribution in [1.82, 2.24) is 19.4 Å². The largest absolute Gasteiger partial charge is 0.339 e. The van der Waals surface area contributed by atoms with Gasteiger partial charge < -0.3 is 10.2 Å². The van der Waals surface area contributed by atoms with E-state index in [9.17, 15) is 9.59 Å². The molecule has 8 nitrogen and oxygen atoms in total. The van der Waals surface area contributed by atoms with Gasteiger partial charge in [-0.05, 0) is 36.1 Å². The molecular formula is C27H29N6O2+. The minimum atomic E-state index is -0.0926. The van der Waals surface area contributed by atoms with Crippen LogP contribution in [0, 0.1) is 5.92 Å². The third-order valence-corrected chi connectivity index (χ3v) is 6.59. The highest BCUT2D eigenvalue weighted by atomic mass is 16.2. The summed E-state index contributed by atoms with van der Waals surface area (Å²) in [5.74, 6) is 0.532. The lowest BCUT2D eigenvalue weighted by Gasteiger charge is -2.18. The minimum Gasteiger partial charge on any atom is -0.339 e. The van der Waals surface area contributed by atoms with Crippen LogP contribution in [0.15, 0.2) is 71.8 Å². The highest BCUT2D eigenvalue weighted by molar-refractivity contribution is 5.87. The van der Waals surface area contributed by atoms with Gasteiger partial charge in [-0.25, -0.2) is 9.56 Å². The van der Waals surface area contributed by atoms with Crippen molar-refractivity contribution in [2.24, 2.45) is 5.92 Å². The van der Waals surface area contributed by atoms with Gasteiger partial charge >= 0.3 is 0 Å². The third-order valence-electron chi connectivity index (χ3n) is 6.59. The summed E-state index contributed by atoms with van der Waals surface area (Å²) in [6, 6.07) is 11.5. The number of nitrogens with zero attached hydrogens (tertiary/aromatic N) is 5. The number of aromatic nitrogens is 3. The number of benzene rings is 1. The number of anilines is 1. The zero-order valence-corrected chi connectivity index (χ0v) is 19.9. The summed E-state index contributed by atoms with van der Waals surface area (Å²) < 4.78 is 3.87. The van der Waals surface area contributed by atoms with Gasteiger partial charge in [-0.2, -0.15) is 4.98 Å². The topological polar surface area (TPSA) is 83.1 Å². The lowest BCUT2D eigenvalue weighted by Crippen LogP contribution is -2.30. The molecule has 1 fully saturated rings. The quantitative estimate of drug-likeness (QED) is 0.443. The first kappa shape index (κ1) is 22.7. The van der Waals surface area contributed by atoms with Crippen LogP contribution >= 0.6 is 0 Å². The average Bonchev–Trinajstić information content (AvgIpc) is 3.34. The normalized spacial score (nSPS) is 17.7. The first-order valence-corrected chi connectivity index (χ1v) is 11.9. The Morgan fingerprint density at radius 3 is 2.91 bits per heavy atom. The molecule has 2 aliphatic heterocycles. The Hall–Kier alpha value is -4.07. The van der Waals surface area contributed by atoms with E-state index in [2.05, 4.69) is 27.5 Å². The van der Waals surface area contributed by atoms with E-state index < -0.39 is 0 Å². The van der Waals surface area contributed by atoms with Crippen molar-refractivity contribution in [2.45, 2.75) is 19.4 Å². The van der Waals surface area contributed by atoms with E-state index in [4.69, 9.17) is 4.98 Å². The number of likely N-dealkylation sites (tertiary alicyclic amines) is 1. The first-order chi connectivity index (χ1) is 17.0. The highest BCUT2D eigenvalue weighted by Crippen LogP contribution is 2.24. The second-order valence-electron chi connectivity index (χ2n) is 9.14. The maximum Gasteiger partial charge on any atom is 0.260 e. The predicted octanol–water partition coefficient (Wildman–Crippen LogP) is 2.91. The van der Waals surface area contributed by atoms with Crippen LogP contribution in [0.5, 0.6) is 0 Å². The van der Waals surface area contributed by atoms with Crippen LogP contribution in [0.3, 0.4) is 0 Å². The number of amides is 1. The molecule has 0 radical (unpaired) electrons. The number of hydrogen-bond donors (Lipinski definition) is 1. The Balaban J connectivity index is 1.56. The number of carbonyl (C=O) groups excluding carboxylic acids is 1. The Morgan fingerprint density at radius 1 is 1.31 bits per heavy atom. The van der Waals surface area contributed by atoms with Gasteiger partial charge in [0.15, 0.2) is 6.21 Å². The molecule has 4 heterocycles. The van der Waals surface area contributed by atoms with E-state index in [1.807, 2.05) is 49.7 Å². The smallest absolute Gasteiger partial charge is 0.260 e. The fourth-order valence-corrected chi connectivity index (χ4v) is 4.77. The Kier molecular flexibility index (Phi) is 6.27. The Labute approximate surface area is 203 Å². The van der Waals surface area contributed by atoms with E-state index in [0.29, 0.717) is 36.8 Å². The Bertz CT molecular complexity index is 1410. The molecule has 0 spiro atoms. The molecule has 3 aromatic rings. The molecule has 0 saturated carbocycles. The van der Waals surface area contributed by atoms with Crippen molar-refractivity contribution in [3.8, 4) is 11.1 Å². The number of nitrogens with one attached hydrogen (secondary N) is 1. The number of carbonyl (C=O) groups is 1. The van der Waals surface area contributed by atoms with Gasteiger partial charge in [-0.1, -0.05) is 36.9 Å². The molecule has 0 bridgehead atoms. The summed E-state index contributed by atoms with van der Waals surface area (Å²) in [5.41, 5.74) is 2.90. The second kappa shape index (κ2) is 9.66. The summed E-state index contributed by atoms with van der Waals surface area (Å²) in [7, 11) is 2.03.